The Morgan fingerprint density at radius 3 is 1.21 bits per heavy atom. The Morgan fingerprint density at radius 2 is 0.787 bits per heavy atom. The van der Waals surface area contributed by atoms with Gasteiger partial charge in [-0.25, -0.2) is 0 Å². The number of furan rings is 1. The summed E-state index contributed by atoms with van der Waals surface area (Å²) in [7, 11) is 0. The first-order valence-electron chi connectivity index (χ1n) is 14.7. The predicted molar refractivity (Wildman–Crippen MR) is 172 cm³/mol. The molecule has 0 saturated heterocycles. The van der Waals surface area contributed by atoms with E-state index >= 15 is 0 Å². The van der Waals surface area contributed by atoms with Gasteiger partial charge < -0.3 is 13.6 Å². The van der Waals surface area contributed by atoms with Crippen LogP contribution >= 0.6 is 0 Å². The van der Waals surface area contributed by atoms with E-state index in [1.807, 2.05) is 81.9 Å². The highest BCUT2D eigenvalue weighted by atomic mass is 19.4. The highest BCUT2D eigenvalue weighted by molar-refractivity contribution is 6.12. The van der Waals surface area contributed by atoms with Crippen molar-refractivity contribution < 1.29 is 30.8 Å². The van der Waals surface area contributed by atoms with Crippen LogP contribution in [0.2, 0.25) is 0 Å². The lowest BCUT2D eigenvalue weighted by atomic mass is 10.1. The first-order valence-corrected chi connectivity index (χ1v) is 14.7. The highest BCUT2D eigenvalue weighted by Crippen LogP contribution is 2.41. The van der Waals surface area contributed by atoms with Crippen LogP contribution < -0.4 is 0 Å². The Hall–Kier alpha value is -5.70. The number of halogens is 6. The molecule has 6 aromatic carbocycles. The molecule has 0 fully saturated rings. The number of para-hydroxylation sites is 2. The van der Waals surface area contributed by atoms with E-state index in [2.05, 4.69) is 0 Å². The lowest BCUT2D eigenvalue weighted by Gasteiger charge is -2.10. The number of aromatic nitrogens is 2. The molecule has 0 atom stereocenters. The zero-order valence-corrected chi connectivity index (χ0v) is 24.1. The van der Waals surface area contributed by atoms with Crippen molar-refractivity contribution in [2.45, 2.75) is 12.4 Å². The van der Waals surface area contributed by atoms with Crippen molar-refractivity contribution in [3.8, 4) is 11.4 Å². The van der Waals surface area contributed by atoms with Gasteiger partial charge >= 0.3 is 12.4 Å². The second kappa shape index (κ2) is 9.42. The molecule has 3 aromatic heterocycles. The van der Waals surface area contributed by atoms with Crippen LogP contribution in [-0.2, 0) is 12.4 Å². The summed E-state index contributed by atoms with van der Waals surface area (Å²) in [5.74, 6) is 0. The summed E-state index contributed by atoms with van der Waals surface area (Å²) < 4.78 is 91.9. The largest absolute Gasteiger partial charge is 0.456 e. The first-order chi connectivity index (χ1) is 22.6. The number of fused-ring (bicyclic) bond motifs is 9. The molecule has 0 radical (unpaired) electrons. The number of nitrogens with zero attached hydrogens (tertiary/aromatic N) is 2. The third-order valence-corrected chi connectivity index (χ3v) is 8.95. The summed E-state index contributed by atoms with van der Waals surface area (Å²) in [4.78, 5) is 0. The van der Waals surface area contributed by atoms with Crippen molar-refractivity contribution in [1.82, 2.24) is 9.13 Å². The Kier molecular flexibility index (Phi) is 5.53. The second-order valence-electron chi connectivity index (χ2n) is 11.6. The van der Waals surface area contributed by atoms with Crippen LogP contribution in [0.4, 0.5) is 26.3 Å². The third-order valence-electron chi connectivity index (χ3n) is 8.95. The minimum atomic E-state index is -4.47. The molecular weight excluding hydrogens is 614 g/mol. The maximum atomic E-state index is 13.6. The monoisotopic (exact) mass is 634 g/mol. The van der Waals surface area contributed by atoms with Gasteiger partial charge in [-0.2, -0.15) is 26.3 Å². The van der Waals surface area contributed by atoms with E-state index in [1.54, 1.807) is 12.1 Å². The molecule has 9 rings (SSSR count). The maximum Gasteiger partial charge on any atom is 0.416 e. The number of hydrogen-bond acceptors (Lipinski definition) is 1. The van der Waals surface area contributed by atoms with E-state index in [1.165, 1.54) is 24.3 Å². The van der Waals surface area contributed by atoms with Gasteiger partial charge in [0.1, 0.15) is 11.2 Å². The summed E-state index contributed by atoms with van der Waals surface area (Å²) in [5, 5.41) is 3.97. The highest BCUT2D eigenvalue weighted by Gasteiger charge is 2.32. The Morgan fingerprint density at radius 1 is 0.383 bits per heavy atom. The topological polar surface area (TPSA) is 23.0 Å². The molecule has 0 aliphatic carbocycles. The third kappa shape index (κ3) is 4.08. The lowest BCUT2D eigenvalue weighted by molar-refractivity contribution is -0.138. The molecule has 0 spiro atoms. The van der Waals surface area contributed by atoms with Gasteiger partial charge in [0.05, 0.1) is 33.2 Å². The van der Waals surface area contributed by atoms with Crippen molar-refractivity contribution in [3.63, 3.8) is 0 Å². The predicted octanol–water partition coefficient (Wildman–Crippen LogP) is 11.8. The molecule has 0 bridgehead atoms. The zero-order chi connectivity index (χ0) is 32.2. The van der Waals surface area contributed by atoms with Crippen molar-refractivity contribution in [2.24, 2.45) is 0 Å². The normalized spacial score (nSPS) is 12.9. The fraction of sp³-hybridized carbons (Fsp3) is 0.0526. The van der Waals surface area contributed by atoms with Crippen molar-refractivity contribution in [3.05, 3.63) is 132 Å². The van der Waals surface area contributed by atoms with Gasteiger partial charge in [-0.3, -0.25) is 0 Å². The summed E-state index contributed by atoms with van der Waals surface area (Å²) >= 11 is 0. The van der Waals surface area contributed by atoms with Gasteiger partial charge in [-0.15, -0.1) is 0 Å². The van der Waals surface area contributed by atoms with Gasteiger partial charge in [-0.1, -0.05) is 36.4 Å². The molecule has 47 heavy (non-hydrogen) atoms. The van der Waals surface area contributed by atoms with E-state index in [-0.39, 0.29) is 0 Å². The number of hydrogen-bond donors (Lipinski definition) is 0. The van der Waals surface area contributed by atoms with Crippen molar-refractivity contribution in [1.29, 1.82) is 0 Å². The molecule has 0 aliphatic heterocycles. The van der Waals surface area contributed by atoms with Gasteiger partial charge in [0.25, 0.3) is 0 Å². The standard InChI is InChI=1S/C38H20F6N2O/c39-37(40,41)21-9-13-33-27(17-21)25-5-1-3-7-31(25)45(33)23-11-15-35-29(19-23)30-20-24(12-16-36(30)47-35)46-32-8-4-2-6-26(32)28-18-22(38(42,43)44)10-14-34(28)46/h1-20H. The average Bonchev–Trinajstić information content (AvgIpc) is 3.70. The Bertz CT molecular complexity index is 2540. The molecule has 0 amide bonds. The fourth-order valence-electron chi connectivity index (χ4n) is 6.89. The average molecular weight is 635 g/mol. The minimum absolute atomic E-state index is 0.495. The Balaban J connectivity index is 1.27. The quantitative estimate of drug-likeness (QED) is 0.174. The number of alkyl halides is 6. The van der Waals surface area contributed by atoms with Crippen molar-refractivity contribution >= 4 is 65.6 Å². The molecule has 9 heteroatoms. The van der Waals surface area contributed by atoms with Crippen LogP contribution in [-0.4, -0.2) is 9.13 Å². The van der Waals surface area contributed by atoms with Gasteiger partial charge in [0.2, 0.25) is 0 Å². The maximum absolute atomic E-state index is 13.6. The summed E-state index contributed by atoms with van der Waals surface area (Å²) in [6.07, 6.45) is -8.94. The molecule has 9 aromatic rings. The molecule has 230 valence electrons. The van der Waals surface area contributed by atoms with Gasteiger partial charge in [0.15, 0.2) is 0 Å². The van der Waals surface area contributed by atoms with Crippen LogP contribution in [0.3, 0.4) is 0 Å². The molecule has 0 N–H and O–H groups in total. The first kappa shape index (κ1) is 27.6. The smallest absolute Gasteiger partial charge is 0.416 e. The number of benzene rings is 6. The van der Waals surface area contributed by atoms with E-state index in [4.69, 9.17) is 4.42 Å². The SMILES string of the molecule is FC(F)(F)c1ccc2c(c1)c1ccccc1n2-c1ccc2oc3ccc(-n4c5ccccc5c5cc(C(F)(F)F)ccc54)cc3c2c1. The van der Waals surface area contributed by atoms with Crippen LogP contribution in [0.25, 0.3) is 76.9 Å². The van der Waals surface area contributed by atoms with E-state index in [9.17, 15) is 26.3 Å². The molecular formula is C38H20F6N2O. The van der Waals surface area contributed by atoms with Crippen LogP contribution in [0, 0.1) is 0 Å². The van der Waals surface area contributed by atoms with Crippen molar-refractivity contribution in [2.75, 3.05) is 0 Å². The molecule has 3 heterocycles. The van der Waals surface area contributed by atoms with Crippen LogP contribution in [0.15, 0.2) is 126 Å². The summed E-state index contributed by atoms with van der Waals surface area (Å²) in [6, 6.07) is 33.6. The molecule has 3 nitrogen and oxygen atoms in total. The lowest BCUT2D eigenvalue weighted by Crippen LogP contribution is -2.04. The second-order valence-corrected chi connectivity index (χ2v) is 11.6. The fourth-order valence-corrected chi connectivity index (χ4v) is 6.89. The van der Waals surface area contributed by atoms with Crippen LogP contribution in [0.5, 0.6) is 0 Å². The minimum Gasteiger partial charge on any atom is -0.456 e. The molecule has 0 saturated carbocycles. The van der Waals surface area contributed by atoms with E-state index < -0.39 is 23.5 Å². The zero-order valence-electron chi connectivity index (χ0n) is 24.1. The van der Waals surface area contributed by atoms with E-state index in [0.29, 0.717) is 43.7 Å². The summed E-state index contributed by atoms with van der Waals surface area (Å²) in [6.45, 7) is 0. The number of rotatable bonds is 2. The van der Waals surface area contributed by atoms with Gasteiger partial charge in [-0.05, 0) is 84.9 Å². The summed E-state index contributed by atoms with van der Waals surface area (Å²) in [5.41, 5.74) is 4.10. The molecule has 0 aliphatic rings. The Labute approximate surface area is 261 Å². The van der Waals surface area contributed by atoms with Crippen LogP contribution in [0.1, 0.15) is 11.1 Å². The van der Waals surface area contributed by atoms with E-state index in [0.717, 1.165) is 45.3 Å². The van der Waals surface area contributed by atoms with Gasteiger partial charge in [0, 0.05) is 43.7 Å². The molecule has 0 unspecified atom stereocenters.